The largest absolute Gasteiger partial charge is 0.379 e. The first-order valence-electron chi connectivity index (χ1n) is 11.3. The number of ether oxygens (including phenoxy) is 1. The van der Waals surface area contributed by atoms with E-state index in [1.165, 1.54) is 0 Å². The van der Waals surface area contributed by atoms with Gasteiger partial charge in [0.15, 0.2) is 0 Å². The van der Waals surface area contributed by atoms with Gasteiger partial charge < -0.3 is 10.1 Å². The van der Waals surface area contributed by atoms with Crippen molar-refractivity contribution in [3.8, 4) is 0 Å². The quantitative estimate of drug-likeness (QED) is 0.658. The lowest BCUT2D eigenvalue weighted by Crippen LogP contribution is -2.57. The fourth-order valence-corrected chi connectivity index (χ4v) is 4.76. The molecule has 0 saturated carbocycles. The van der Waals surface area contributed by atoms with Crippen LogP contribution in [0.4, 0.5) is 5.95 Å². The zero-order chi connectivity index (χ0) is 21.3. The second-order valence-corrected chi connectivity index (χ2v) is 8.50. The Morgan fingerprint density at radius 3 is 2.78 bits per heavy atom. The van der Waals surface area contributed by atoms with E-state index in [9.17, 15) is 0 Å². The number of hydrogen-bond donors (Lipinski definition) is 1. The van der Waals surface area contributed by atoms with Crippen LogP contribution in [0.2, 0.25) is 0 Å². The first kappa shape index (κ1) is 19.7. The number of fused-ring (bicyclic) bond motifs is 5. The lowest BCUT2D eigenvalue weighted by atomic mass is 10.2. The molecule has 9 nitrogen and oxygen atoms in total. The lowest BCUT2D eigenvalue weighted by molar-refractivity contribution is 0.0361. The van der Waals surface area contributed by atoms with Crippen molar-refractivity contribution in [2.45, 2.75) is 12.6 Å². The number of benzene rings is 1. The molecule has 1 N–H and O–H groups in total. The van der Waals surface area contributed by atoms with Gasteiger partial charge in [-0.15, -0.1) is 0 Å². The van der Waals surface area contributed by atoms with Crippen LogP contribution in [0.3, 0.4) is 0 Å². The van der Waals surface area contributed by atoms with E-state index >= 15 is 0 Å². The second kappa shape index (κ2) is 8.50. The summed E-state index contributed by atoms with van der Waals surface area (Å²) >= 11 is 0. The maximum absolute atomic E-state index is 5.46. The van der Waals surface area contributed by atoms with Crippen molar-refractivity contribution in [2.75, 3.05) is 57.6 Å². The molecule has 3 aromatic rings. The molecule has 1 saturated heterocycles. The fourth-order valence-electron chi connectivity index (χ4n) is 4.76. The molecule has 3 aliphatic rings. The van der Waals surface area contributed by atoms with E-state index in [0.29, 0.717) is 6.67 Å². The number of para-hydroxylation sites is 2. The standard InChI is InChI=1S/C23H28N8O/c1-2-7-20-19(6-1)26-23-30-17-29(10-4-9-28-11-13-32-14-12-28)16-25-22(30)27-21(31(20)23)18-5-3-8-24-15-18/h1-3,5-8,15,21H,4,9-14,16-17H2,(H,25,27)/t21-/m0/s1. The molecular formula is C23H28N8O. The molecule has 1 fully saturated rings. The third-order valence-corrected chi connectivity index (χ3v) is 6.41. The fraction of sp³-hybridized carbons (Fsp3) is 0.435. The molecular weight excluding hydrogens is 404 g/mol. The summed E-state index contributed by atoms with van der Waals surface area (Å²) in [6.45, 7) is 7.37. The number of aromatic nitrogens is 3. The number of rotatable bonds is 5. The van der Waals surface area contributed by atoms with Gasteiger partial charge in [-0.25, -0.2) is 9.98 Å². The minimum Gasteiger partial charge on any atom is -0.379 e. The maximum Gasteiger partial charge on any atom is 0.216 e. The summed E-state index contributed by atoms with van der Waals surface area (Å²) in [7, 11) is 0. The maximum atomic E-state index is 5.46. The number of anilines is 1. The van der Waals surface area contributed by atoms with E-state index in [0.717, 1.165) is 81.0 Å². The average Bonchev–Trinajstić information content (AvgIpc) is 3.25. The van der Waals surface area contributed by atoms with E-state index in [1.807, 2.05) is 18.3 Å². The van der Waals surface area contributed by atoms with Crippen molar-refractivity contribution in [1.82, 2.24) is 29.7 Å². The Balaban J connectivity index is 1.26. The van der Waals surface area contributed by atoms with Gasteiger partial charge in [0, 0.05) is 37.6 Å². The number of morpholine rings is 1. The summed E-state index contributed by atoms with van der Waals surface area (Å²) in [6.07, 6.45) is 4.75. The molecule has 0 aliphatic carbocycles. The Bertz CT molecular complexity index is 1110. The summed E-state index contributed by atoms with van der Waals surface area (Å²) < 4.78 is 7.72. The molecule has 0 amide bonds. The van der Waals surface area contributed by atoms with Crippen LogP contribution in [-0.2, 0) is 4.74 Å². The third-order valence-electron chi connectivity index (χ3n) is 6.41. The first-order valence-corrected chi connectivity index (χ1v) is 11.3. The van der Waals surface area contributed by atoms with Crippen LogP contribution in [0, 0.1) is 0 Å². The molecule has 0 unspecified atom stereocenters. The molecule has 166 valence electrons. The van der Waals surface area contributed by atoms with Crippen LogP contribution in [0.15, 0.2) is 53.8 Å². The van der Waals surface area contributed by atoms with Crippen molar-refractivity contribution < 1.29 is 4.74 Å². The van der Waals surface area contributed by atoms with E-state index < -0.39 is 0 Å². The number of nitrogens with zero attached hydrogens (tertiary/aromatic N) is 7. The number of imidazole rings is 1. The van der Waals surface area contributed by atoms with Crippen LogP contribution < -0.4 is 10.2 Å². The molecule has 1 atom stereocenters. The number of guanidine groups is 1. The predicted octanol–water partition coefficient (Wildman–Crippen LogP) is 1.70. The Morgan fingerprint density at radius 1 is 1.03 bits per heavy atom. The summed E-state index contributed by atoms with van der Waals surface area (Å²) in [4.78, 5) is 21.3. The number of nitrogens with one attached hydrogen (secondary N) is 1. The Kier molecular flexibility index (Phi) is 5.22. The Morgan fingerprint density at radius 2 is 1.91 bits per heavy atom. The summed E-state index contributed by atoms with van der Waals surface area (Å²) in [5.41, 5.74) is 3.18. The minimum atomic E-state index is -0.0889. The van der Waals surface area contributed by atoms with Crippen LogP contribution in [-0.4, -0.2) is 83.0 Å². The number of hydrogen-bond acceptors (Lipinski definition) is 8. The van der Waals surface area contributed by atoms with Gasteiger partial charge in [0.05, 0.1) is 37.6 Å². The highest BCUT2D eigenvalue weighted by molar-refractivity contribution is 5.98. The molecule has 1 aromatic carbocycles. The van der Waals surface area contributed by atoms with Gasteiger partial charge in [-0.1, -0.05) is 18.2 Å². The molecule has 0 spiro atoms. The van der Waals surface area contributed by atoms with Crippen molar-refractivity contribution in [3.05, 3.63) is 54.4 Å². The van der Waals surface area contributed by atoms with Gasteiger partial charge in [0.2, 0.25) is 11.9 Å². The topological polar surface area (TPSA) is 74.1 Å². The number of aliphatic imine (C=N–C) groups is 1. The van der Waals surface area contributed by atoms with Crippen molar-refractivity contribution >= 4 is 22.9 Å². The van der Waals surface area contributed by atoms with Crippen LogP contribution in [0.25, 0.3) is 11.0 Å². The normalized spacial score (nSPS) is 21.7. The monoisotopic (exact) mass is 432 g/mol. The molecule has 5 heterocycles. The van der Waals surface area contributed by atoms with Crippen LogP contribution >= 0.6 is 0 Å². The van der Waals surface area contributed by atoms with Gasteiger partial charge in [-0.3, -0.25) is 24.3 Å². The number of pyridine rings is 1. The van der Waals surface area contributed by atoms with E-state index in [1.54, 1.807) is 6.20 Å². The molecule has 2 aromatic heterocycles. The third kappa shape index (κ3) is 3.62. The minimum absolute atomic E-state index is 0.0889. The summed E-state index contributed by atoms with van der Waals surface area (Å²) in [5.74, 6) is 1.81. The van der Waals surface area contributed by atoms with Gasteiger partial charge in [-0.05, 0) is 31.2 Å². The van der Waals surface area contributed by atoms with Crippen LogP contribution in [0.5, 0.6) is 0 Å². The van der Waals surface area contributed by atoms with E-state index in [4.69, 9.17) is 14.7 Å². The van der Waals surface area contributed by atoms with Crippen molar-refractivity contribution in [3.63, 3.8) is 0 Å². The zero-order valence-corrected chi connectivity index (χ0v) is 18.1. The lowest BCUT2D eigenvalue weighted by Gasteiger charge is -2.41. The predicted molar refractivity (Wildman–Crippen MR) is 123 cm³/mol. The zero-order valence-electron chi connectivity index (χ0n) is 18.1. The molecule has 32 heavy (non-hydrogen) atoms. The SMILES string of the molecule is c1cncc([C@H]2NC3=NCN(CCCN4CCOCC4)CN3c3nc4ccccc4n32)c1. The van der Waals surface area contributed by atoms with Crippen LogP contribution in [0.1, 0.15) is 18.2 Å². The molecule has 0 radical (unpaired) electrons. The van der Waals surface area contributed by atoms with Gasteiger partial charge in [0.25, 0.3) is 0 Å². The first-order chi connectivity index (χ1) is 15.9. The van der Waals surface area contributed by atoms with Crippen molar-refractivity contribution in [1.29, 1.82) is 0 Å². The molecule has 3 aliphatic heterocycles. The smallest absolute Gasteiger partial charge is 0.216 e. The van der Waals surface area contributed by atoms with Crippen molar-refractivity contribution in [2.24, 2.45) is 4.99 Å². The van der Waals surface area contributed by atoms with Gasteiger partial charge in [-0.2, -0.15) is 0 Å². The van der Waals surface area contributed by atoms with E-state index in [2.05, 4.69) is 53.8 Å². The molecule has 9 heteroatoms. The van der Waals surface area contributed by atoms with Gasteiger partial charge in [0.1, 0.15) is 6.17 Å². The Labute approximate surface area is 187 Å². The van der Waals surface area contributed by atoms with E-state index in [-0.39, 0.29) is 6.17 Å². The Hall–Kier alpha value is -3.01. The highest BCUT2D eigenvalue weighted by Gasteiger charge is 2.35. The summed E-state index contributed by atoms with van der Waals surface area (Å²) in [6, 6.07) is 12.4. The average molecular weight is 433 g/mol. The summed E-state index contributed by atoms with van der Waals surface area (Å²) in [5, 5.41) is 3.64. The highest BCUT2D eigenvalue weighted by atomic mass is 16.5. The second-order valence-electron chi connectivity index (χ2n) is 8.50. The van der Waals surface area contributed by atoms with Gasteiger partial charge >= 0.3 is 0 Å². The molecule has 6 rings (SSSR count). The highest BCUT2D eigenvalue weighted by Crippen LogP contribution is 2.33. The molecule has 0 bridgehead atoms.